The van der Waals surface area contributed by atoms with Crippen LogP contribution in [-0.2, 0) is 4.79 Å². The van der Waals surface area contributed by atoms with E-state index in [0.29, 0.717) is 20.9 Å². The molecule has 1 heterocycles. The van der Waals surface area contributed by atoms with Gasteiger partial charge in [0.15, 0.2) is 0 Å². The van der Waals surface area contributed by atoms with Crippen molar-refractivity contribution in [2.75, 3.05) is 5.32 Å². The Kier molecular flexibility index (Phi) is 5.57. The molecule has 0 fully saturated rings. The maximum atomic E-state index is 12.4. The number of nitrogens with one attached hydrogen (secondary N) is 1. The van der Waals surface area contributed by atoms with Crippen LogP contribution in [0, 0.1) is 0 Å². The highest BCUT2D eigenvalue weighted by atomic mass is 35.5. The average molecular weight is 394 g/mol. The van der Waals surface area contributed by atoms with Gasteiger partial charge in [0.05, 0.1) is 10.9 Å². The fourth-order valence-electron chi connectivity index (χ4n) is 2.07. The summed E-state index contributed by atoms with van der Waals surface area (Å²) in [6.07, 6.45) is 0. The zero-order chi connectivity index (χ0) is 17.8. The molecule has 0 saturated carbocycles. The van der Waals surface area contributed by atoms with Crippen LogP contribution in [0.5, 0.6) is 0 Å². The van der Waals surface area contributed by atoms with Crippen LogP contribution in [0.15, 0.2) is 53.7 Å². The molecule has 0 unspecified atom stereocenters. The van der Waals surface area contributed by atoms with Gasteiger partial charge in [-0.15, -0.1) is 5.10 Å². The quantitative estimate of drug-likeness (QED) is 0.660. The van der Waals surface area contributed by atoms with E-state index in [0.717, 1.165) is 5.69 Å². The number of carbonyl (C=O) groups excluding carboxylic acids is 1. The van der Waals surface area contributed by atoms with Crippen LogP contribution in [0.2, 0.25) is 10.0 Å². The Morgan fingerprint density at radius 3 is 2.52 bits per heavy atom. The molecule has 1 aromatic heterocycles. The molecule has 0 aliphatic heterocycles. The van der Waals surface area contributed by atoms with Crippen LogP contribution >= 0.6 is 35.0 Å². The number of thioether (sulfide) groups is 1. The summed E-state index contributed by atoms with van der Waals surface area (Å²) in [6, 6.07) is 14.3. The van der Waals surface area contributed by atoms with Crippen LogP contribution < -0.4 is 5.32 Å². The Bertz CT molecular complexity index is 867. The number of rotatable bonds is 5. The second kappa shape index (κ2) is 7.86. The topological polar surface area (TPSA) is 72.7 Å². The lowest BCUT2D eigenvalue weighted by atomic mass is 10.3. The fraction of sp³-hybridized carbons (Fsp3) is 0.125. The Hall–Kier alpha value is -2.09. The van der Waals surface area contributed by atoms with E-state index in [4.69, 9.17) is 23.2 Å². The first-order chi connectivity index (χ1) is 12.0. The second-order valence-electron chi connectivity index (χ2n) is 5.12. The fourth-order valence-corrected chi connectivity index (χ4v) is 3.40. The second-order valence-corrected chi connectivity index (χ2v) is 7.30. The monoisotopic (exact) mass is 393 g/mol. The molecule has 1 atom stereocenters. The van der Waals surface area contributed by atoms with Gasteiger partial charge in [0.25, 0.3) is 0 Å². The molecular weight excluding hydrogens is 381 g/mol. The molecule has 3 rings (SSSR count). The Morgan fingerprint density at radius 2 is 1.84 bits per heavy atom. The van der Waals surface area contributed by atoms with E-state index in [1.54, 1.807) is 29.8 Å². The SMILES string of the molecule is C[C@H](Sc1nnnn1-c1ccccc1)C(=O)Nc1cc(Cl)cc(Cl)c1. The van der Waals surface area contributed by atoms with E-state index in [-0.39, 0.29) is 5.91 Å². The van der Waals surface area contributed by atoms with Gasteiger partial charge in [0.1, 0.15) is 0 Å². The largest absolute Gasteiger partial charge is 0.325 e. The number of nitrogens with zero attached hydrogens (tertiary/aromatic N) is 4. The van der Waals surface area contributed by atoms with Crippen molar-refractivity contribution in [1.82, 2.24) is 20.2 Å². The van der Waals surface area contributed by atoms with E-state index in [9.17, 15) is 4.79 Å². The lowest BCUT2D eigenvalue weighted by Gasteiger charge is -2.12. The maximum absolute atomic E-state index is 12.4. The van der Waals surface area contributed by atoms with Crippen molar-refractivity contribution in [3.63, 3.8) is 0 Å². The first-order valence-electron chi connectivity index (χ1n) is 7.30. The number of halogens is 2. The standard InChI is InChI=1S/C16H13Cl2N5OS/c1-10(15(24)19-13-8-11(17)7-12(18)9-13)25-16-20-21-22-23(16)14-5-3-2-4-6-14/h2-10H,1H3,(H,19,24)/t10-/m0/s1. The third kappa shape index (κ3) is 4.50. The lowest BCUT2D eigenvalue weighted by Crippen LogP contribution is -2.23. The minimum absolute atomic E-state index is 0.203. The zero-order valence-electron chi connectivity index (χ0n) is 13.1. The summed E-state index contributed by atoms with van der Waals surface area (Å²) in [7, 11) is 0. The Morgan fingerprint density at radius 1 is 1.16 bits per heavy atom. The summed E-state index contributed by atoms with van der Waals surface area (Å²) in [5.74, 6) is -0.203. The maximum Gasteiger partial charge on any atom is 0.237 e. The van der Waals surface area contributed by atoms with Crippen molar-refractivity contribution in [1.29, 1.82) is 0 Å². The Labute approximate surface area is 158 Å². The van der Waals surface area contributed by atoms with Crippen molar-refractivity contribution in [3.05, 3.63) is 58.6 Å². The van der Waals surface area contributed by atoms with Gasteiger partial charge in [0, 0.05) is 15.7 Å². The summed E-state index contributed by atoms with van der Waals surface area (Å²) in [4.78, 5) is 12.4. The number of tetrazole rings is 1. The molecule has 3 aromatic rings. The number of hydrogen-bond acceptors (Lipinski definition) is 5. The number of benzene rings is 2. The van der Waals surface area contributed by atoms with Gasteiger partial charge in [-0.3, -0.25) is 4.79 Å². The first kappa shape index (κ1) is 17.7. The van der Waals surface area contributed by atoms with Crippen molar-refractivity contribution in [3.8, 4) is 5.69 Å². The molecule has 1 N–H and O–H groups in total. The van der Waals surface area contributed by atoms with Gasteiger partial charge in [0.2, 0.25) is 11.1 Å². The minimum Gasteiger partial charge on any atom is -0.325 e. The molecule has 2 aromatic carbocycles. The summed E-state index contributed by atoms with van der Waals surface area (Å²) in [5, 5.41) is 15.5. The van der Waals surface area contributed by atoms with Gasteiger partial charge in [-0.05, 0) is 47.7 Å². The van der Waals surface area contributed by atoms with E-state index >= 15 is 0 Å². The highest BCUT2D eigenvalue weighted by molar-refractivity contribution is 8.00. The van der Waals surface area contributed by atoms with Gasteiger partial charge in [-0.2, -0.15) is 4.68 Å². The molecule has 9 heteroatoms. The van der Waals surface area contributed by atoms with E-state index in [2.05, 4.69) is 20.8 Å². The minimum atomic E-state index is -0.425. The van der Waals surface area contributed by atoms with E-state index < -0.39 is 5.25 Å². The zero-order valence-corrected chi connectivity index (χ0v) is 15.4. The summed E-state index contributed by atoms with van der Waals surface area (Å²) in [6.45, 7) is 1.77. The molecular formula is C16H13Cl2N5OS. The van der Waals surface area contributed by atoms with Crippen LogP contribution in [0.25, 0.3) is 5.69 Å². The lowest BCUT2D eigenvalue weighted by molar-refractivity contribution is -0.115. The number of hydrogen-bond donors (Lipinski definition) is 1. The summed E-state index contributed by atoms with van der Waals surface area (Å²) >= 11 is 13.1. The van der Waals surface area contributed by atoms with Crippen LogP contribution in [0.4, 0.5) is 5.69 Å². The third-order valence-electron chi connectivity index (χ3n) is 3.22. The van der Waals surface area contributed by atoms with Gasteiger partial charge in [-0.25, -0.2) is 0 Å². The number of para-hydroxylation sites is 1. The van der Waals surface area contributed by atoms with Crippen molar-refractivity contribution >= 4 is 46.6 Å². The molecule has 0 radical (unpaired) electrons. The third-order valence-corrected chi connectivity index (χ3v) is 4.69. The number of aromatic nitrogens is 4. The molecule has 0 bridgehead atoms. The van der Waals surface area contributed by atoms with E-state index in [1.807, 2.05) is 30.3 Å². The van der Waals surface area contributed by atoms with Gasteiger partial charge in [-0.1, -0.05) is 53.2 Å². The van der Waals surface area contributed by atoms with Gasteiger partial charge >= 0.3 is 0 Å². The predicted octanol–water partition coefficient (Wildman–Crippen LogP) is 4.09. The van der Waals surface area contributed by atoms with Crippen molar-refractivity contribution < 1.29 is 4.79 Å². The molecule has 25 heavy (non-hydrogen) atoms. The number of anilines is 1. The molecule has 128 valence electrons. The smallest absolute Gasteiger partial charge is 0.237 e. The van der Waals surface area contributed by atoms with Crippen LogP contribution in [0.1, 0.15) is 6.92 Å². The Balaban J connectivity index is 1.71. The van der Waals surface area contributed by atoms with Gasteiger partial charge < -0.3 is 5.32 Å². The molecule has 0 aliphatic carbocycles. The number of carbonyl (C=O) groups is 1. The van der Waals surface area contributed by atoms with Crippen LogP contribution in [0.3, 0.4) is 0 Å². The molecule has 0 saturated heterocycles. The highest BCUT2D eigenvalue weighted by Gasteiger charge is 2.19. The average Bonchev–Trinajstić information content (AvgIpc) is 3.02. The normalized spacial score (nSPS) is 12.0. The van der Waals surface area contributed by atoms with Crippen molar-refractivity contribution in [2.24, 2.45) is 0 Å². The highest BCUT2D eigenvalue weighted by Crippen LogP contribution is 2.26. The predicted molar refractivity (Wildman–Crippen MR) is 99.6 cm³/mol. The van der Waals surface area contributed by atoms with E-state index in [1.165, 1.54) is 11.8 Å². The van der Waals surface area contributed by atoms with Crippen LogP contribution in [-0.4, -0.2) is 31.4 Å². The first-order valence-corrected chi connectivity index (χ1v) is 8.94. The molecule has 1 amide bonds. The molecule has 0 aliphatic rings. The molecule has 6 nitrogen and oxygen atoms in total. The molecule has 0 spiro atoms. The summed E-state index contributed by atoms with van der Waals surface area (Å²) < 4.78 is 1.59. The number of amides is 1. The summed E-state index contributed by atoms with van der Waals surface area (Å²) in [5.41, 5.74) is 1.36. The van der Waals surface area contributed by atoms with Crippen molar-refractivity contribution in [2.45, 2.75) is 17.3 Å².